The van der Waals surface area contributed by atoms with E-state index in [4.69, 9.17) is 9.47 Å². The van der Waals surface area contributed by atoms with Gasteiger partial charge in [0.1, 0.15) is 11.9 Å². The monoisotopic (exact) mass is 358 g/mol. The lowest BCUT2D eigenvalue weighted by molar-refractivity contribution is -0.0137. The van der Waals surface area contributed by atoms with E-state index in [1.54, 1.807) is 14.2 Å². The van der Waals surface area contributed by atoms with Gasteiger partial charge < -0.3 is 20.1 Å². The Labute approximate surface area is 155 Å². The van der Waals surface area contributed by atoms with Crippen LogP contribution in [0.2, 0.25) is 0 Å². The molecule has 5 rings (SSSR count). The highest BCUT2D eigenvalue weighted by Crippen LogP contribution is 2.55. The summed E-state index contributed by atoms with van der Waals surface area (Å²) in [4.78, 5) is 12.6. The van der Waals surface area contributed by atoms with E-state index in [0.717, 1.165) is 48.3 Å². The number of carbonyl (C=O) groups is 1. The second kappa shape index (κ2) is 7.10. The zero-order valence-electron chi connectivity index (χ0n) is 15.8. The van der Waals surface area contributed by atoms with Crippen molar-refractivity contribution in [1.82, 2.24) is 10.6 Å². The fourth-order valence-electron chi connectivity index (χ4n) is 5.99. The van der Waals surface area contributed by atoms with Gasteiger partial charge in [-0.1, -0.05) is 18.2 Å². The van der Waals surface area contributed by atoms with E-state index in [1.165, 1.54) is 19.3 Å². The van der Waals surface area contributed by atoms with Gasteiger partial charge >= 0.3 is 6.03 Å². The van der Waals surface area contributed by atoms with E-state index in [0.29, 0.717) is 6.54 Å². The van der Waals surface area contributed by atoms with Crippen molar-refractivity contribution in [3.05, 3.63) is 29.8 Å². The summed E-state index contributed by atoms with van der Waals surface area (Å²) < 4.78 is 11.0. The number of nitrogens with one attached hydrogen (secondary N) is 2. The molecule has 5 heteroatoms. The molecule has 5 nitrogen and oxygen atoms in total. The summed E-state index contributed by atoms with van der Waals surface area (Å²) in [7, 11) is 3.31. The fourth-order valence-corrected chi connectivity index (χ4v) is 5.99. The predicted octanol–water partition coefficient (Wildman–Crippen LogP) is 3.65. The minimum Gasteiger partial charge on any atom is -0.496 e. The molecule has 1 unspecified atom stereocenters. The number of carbonyl (C=O) groups excluding carboxylic acids is 1. The Morgan fingerprint density at radius 3 is 2.31 bits per heavy atom. The number of hydrogen-bond acceptors (Lipinski definition) is 3. The maximum atomic E-state index is 12.6. The average Bonchev–Trinajstić information content (AvgIpc) is 2.61. The summed E-state index contributed by atoms with van der Waals surface area (Å²) in [6, 6.07) is 7.72. The molecule has 0 spiro atoms. The van der Waals surface area contributed by atoms with Crippen LogP contribution in [0.3, 0.4) is 0 Å². The van der Waals surface area contributed by atoms with Crippen LogP contribution in [0.4, 0.5) is 4.79 Å². The van der Waals surface area contributed by atoms with E-state index < -0.39 is 0 Å². The van der Waals surface area contributed by atoms with Crippen LogP contribution in [0, 0.1) is 17.8 Å². The smallest absolute Gasteiger partial charge is 0.315 e. The number of ether oxygens (including phenoxy) is 2. The molecular weight excluding hydrogens is 328 g/mol. The number of benzene rings is 1. The molecule has 2 amide bonds. The minimum absolute atomic E-state index is 0.0336. The topological polar surface area (TPSA) is 59.6 Å². The molecule has 1 atom stereocenters. The highest BCUT2D eigenvalue weighted by Gasteiger charge is 2.51. The third-order valence-electron chi connectivity index (χ3n) is 6.64. The molecule has 4 saturated carbocycles. The Morgan fingerprint density at radius 1 is 1.12 bits per heavy atom. The van der Waals surface area contributed by atoms with E-state index in [9.17, 15) is 4.79 Å². The van der Waals surface area contributed by atoms with Gasteiger partial charge in [-0.2, -0.15) is 0 Å². The molecule has 142 valence electrons. The van der Waals surface area contributed by atoms with Crippen LogP contribution >= 0.6 is 0 Å². The third-order valence-corrected chi connectivity index (χ3v) is 6.64. The molecule has 26 heavy (non-hydrogen) atoms. The first kappa shape index (κ1) is 17.7. The van der Waals surface area contributed by atoms with Gasteiger partial charge in [0.25, 0.3) is 0 Å². The number of urea groups is 1. The van der Waals surface area contributed by atoms with Crippen LogP contribution in [-0.2, 0) is 4.74 Å². The van der Waals surface area contributed by atoms with Crippen molar-refractivity contribution in [1.29, 1.82) is 0 Å². The molecule has 1 aromatic carbocycles. The first-order chi connectivity index (χ1) is 12.6. The SMILES string of the molecule is COc1ccccc1C(CNC(=O)NC12CC3CC(CC(C3)C1)C2)OC. The van der Waals surface area contributed by atoms with E-state index in [2.05, 4.69) is 10.6 Å². The number of rotatable bonds is 6. The minimum atomic E-state index is -0.228. The lowest BCUT2D eigenvalue weighted by Crippen LogP contribution is -2.61. The molecule has 4 aliphatic carbocycles. The molecule has 1 aromatic rings. The Hall–Kier alpha value is -1.75. The van der Waals surface area contributed by atoms with Crippen LogP contribution < -0.4 is 15.4 Å². The zero-order valence-corrected chi connectivity index (χ0v) is 15.8. The number of methoxy groups -OCH3 is 2. The van der Waals surface area contributed by atoms with Crippen LogP contribution in [0.5, 0.6) is 5.75 Å². The fraction of sp³-hybridized carbons (Fsp3) is 0.667. The van der Waals surface area contributed by atoms with Crippen molar-refractivity contribution in [2.45, 2.75) is 50.2 Å². The maximum Gasteiger partial charge on any atom is 0.315 e. The lowest BCUT2D eigenvalue weighted by Gasteiger charge is -2.56. The first-order valence-corrected chi connectivity index (χ1v) is 9.82. The van der Waals surface area contributed by atoms with Crippen molar-refractivity contribution in [2.24, 2.45) is 17.8 Å². The average molecular weight is 358 g/mol. The summed E-state index contributed by atoms with van der Waals surface area (Å²) in [5.41, 5.74) is 0.985. The molecule has 0 aliphatic heterocycles. The quantitative estimate of drug-likeness (QED) is 0.816. The molecule has 0 saturated heterocycles. The van der Waals surface area contributed by atoms with Gasteiger partial charge in [-0.15, -0.1) is 0 Å². The summed E-state index contributed by atoms with van der Waals surface area (Å²) in [5, 5.41) is 6.38. The van der Waals surface area contributed by atoms with Crippen molar-refractivity contribution in [2.75, 3.05) is 20.8 Å². The van der Waals surface area contributed by atoms with Crippen LogP contribution in [0.15, 0.2) is 24.3 Å². The van der Waals surface area contributed by atoms with E-state index >= 15 is 0 Å². The largest absolute Gasteiger partial charge is 0.496 e. The van der Waals surface area contributed by atoms with Crippen molar-refractivity contribution < 1.29 is 14.3 Å². The molecule has 0 aromatic heterocycles. The molecule has 2 N–H and O–H groups in total. The van der Waals surface area contributed by atoms with E-state index in [-0.39, 0.29) is 17.7 Å². The third kappa shape index (κ3) is 3.41. The van der Waals surface area contributed by atoms with Crippen molar-refractivity contribution in [3.63, 3.8) is 0 Å². The van der Waals surface area contributed by atoms with E-state index in [1.807, 2.05) is 24.3 Å². The van der Waals surface area contributed by atoms with Gasteiger partial charge in [0.15, 0.2) is 0 Å². The van der Waals surface area contributed by atoms with Gasteiger partial charge in [-0.3, -0.25) is 0 Å². The summed E-state index contributed by atoms with van der Waals surface area (Å²) >= 11 is 0. The van der Waals surface area contributed by atoms with Gasteiger partial charge in [0.05, 0.1) is 7.11 Å². The first-order valence-electron chi connectivity index (χ1n) is 9.82. The van der Waals surface area contributed by atoms with Crippen LogP contribution in [0.25, 0.3) is 0 Å². The summed E-state index contributed by atoms with van der Waals surface area (Å²) in [6.07, 6.45) is 7.38. The summed E-state index contributed by atoms with van der Waals surface area (Å²) in [6.45, 7) is 0.426. The molecular formula is C21H30N2O3. The van der Waals surface area contributed by atoms with Crippen LogP contribution in [-0.4, -0.2) is 32.3 Å². The van der Waals surface area contributed by atoms with Gasteiger partial charge in [0, 0.05) is 24.8 Å². The lowest BCUT2D eigenvalue weighted by atomic mass is 9.53. The highest BCUT2D eigenvalue weighted by atomic mass is 16.5. The Balaban J connectivity index is 1.36. The number of amides is 2. The van der Waals surface area contributed by atoms with Gasteiger partial charge in [-0.25, -0.2) is 4.79 Å². The summed E-state index contributed by atoms with van der Waals surface area (Å²) in [5.74, 6) is 3.24. The Bertz CT molecular complexity index is 625. The number of hydrogen-bond donors (Lipinski definition) is 2. The second-order valence-corrected chi connectivity index (χ2v) is 8.50. The molecule has 4 aliphatic rings. The Morgan fingerprint density at radius 2 is 1.73 bits per heavy atom. The molecule has 4 bridgehead atoms. The van der Waals surface area contributed by atoms with Crippen LogP contribution in [0.1, 0.15) is 50.2 Å². The second-order valence-electron chi connectivity index (χ2n) is 8.50. The van der Waals surface area contributed by atoms with Crippen molar-refractivity contribution in [3.8, 4) is 5.75 Å². The Kier molecular flexibility index (Phi) is 4.82. The standard InChI is InChI=1S/C21H30N2O3/c1-25-18-6-4-3-5-17(18)19(26-2)13-22-20(24)23-21-10-14-7-15(11-21)9-16(8-14)12-21/h3-6,14-16,19H,7-13H2,1-2H3,(H2,22,23,24). The molecule has 0 radical (unpaired) electrons. The molecule has 4 fully saturated rings. The highest BCUT2D eigenvalue weighted by molar-refractivity contribution is 5.75. The van der Waals surface area contributed by atoms with Gasteiger partial charge in [0.2, 0.25) is 0 Å². The number of para-hydroxylation sites is 1. The van der Waals surface area contributed by atoms with Crippen molar-refractivity contribution >= 4 is 6.03 Å². The van der Waals surface area contributed by atoms with Gasteiger partial charge in [-0.05, 0) is 62.3 Å². The predicted molar refractivity (Wildman–Crippen MR) is 100 cm³/mol. The maximum absolute atomic E-state index is 12.6. The normalized spacial score (nSPS) is 32.9. The zero-order chi connectivity index (χ0) is 18.1. The molecule has 0 heterocycles.